The van der Waals surface area contributed by atoms with Gasteiger partial charge in [-0.05, 0) is 38.8 Å². The molecule has 0 atom stereocenters. The van der Waals surface area contributed by atoms with E-state index in [4.69, 9.17) is 16.3 Å². The molecule has 6 nitrogen and oxygen atoms in total. The van der Waals surface area contributed by atoms with Crippen LogP contribution in [0.4, 0.5) is 4.79 Å². The minimum Gasteiger partial charge on any atom is -0.442 e. The largest absolute Gasteiger partial charge is 0.442 e. The lowest BCUT2D eigenvalue weighted by Gasteiger charge is -2.18. The maximum atomic E-state index is 12.1. The third-order valence-corrected chi connectivity index (χ3v) is 4.16. The average molecular weight is 385 g/mol. The Morgan fingerprint density at radius 3 is 2.48 bits per heavy atom. The van der Waals surface area contributed by atoms with E-state index >= 15 is 0 Å². The maximum Gasteiger partial charge on any atom is 0.435 e. The standard InChI is InChI=1S/C20H21ClN4O2/c1-13-10-22-17(24-18(13)21)9-14-5-7-15(8-6-14)16-11-23-25(12-16)19(26)27-20(2,3)4/h5-8,10-12H,9H2,1-4H3. The molecule has 140 valence electrons. The van der Waals surface area contributed by atoms with Crippen molar-refractivity contribution in [1.29, 1.82) is 0 Å². The van der Waals surface area contributed by atoms with E-state index < -0.39 is 11.7 Å². The van der Waals surface area contributed by atoms with E-state index in [1.165, 1.54) is 4.68 Å². The molecule has 1 aromatic carbocycles. The summed E-state index contributed by atoms with van der Waals surface area (Å²) >= 11 is 6.06. The Morgan fingerprint density at radius 2 is 1.85 bits per heavy atom. The molecule has 0 bridgehead atoms. The van der Waals surface area contributed by atoms with Crippen LogP contribution in [0.1, 0.15) is 37.7 Å². The second-order valence-electron chi connectivity index (χ2n) is 7.29. The molecule has 3 rings (SSSR count). The Bertz CT molecular complexity index is 959. The first-order valence-corrected chi connectivity index (χ1v) is 8.94. The van der Waals surface area contributed by atoms with Gasteiger partial charge in [-0.3, -0.25) is 0 Å². The monoisotopic (exact) mass is 384 g/mol. The fourth-order valence-electron chi connectivity index (χ4n) is 2.42. The lowest BCUT2D eigenvalue weighted by molar-refractivity contribution is 0.0514. The van der Waals surface area contributed by atoms with E-state index in [0.29, 0.717) is 17.4 Å². The summed E-state index contributed by atoms with van der Waals surface area (Å²) in [5.74, 6) is 0.677. The van der Waals surface area contributed by atoms with Gasteiger partial charge in [-0.2, -0.15) is 9.78 Å². The summed E-state index contributed by atoms with van der Waals surface area (Å²) < 4.78 is 6.52. The van der Waals surface area contributed by atoms with Gasteiger partial charge in [0.05, 0.1) is 6.20 Å². The van der Waals surface area contributed by atoms with E-state index in [-0.39, 0.29) is 0 Å². The molecular formula is C20H21ClN4O2. The zero-order valence-corrected chi connectivity index (χ0v) is 16.5. The molecule has 0 saturated heterocycles. The van der Waals surface area contributed by atoms with Crippen molar-refractivity contribution in [2.75, 3.05) is 0 Å². The molecule has 0 aliphatic heterocycles. The van der Waals surface area contributed by atoms with Crippen LogP contribution in [-0.4, -0.2) is 31.4 Å². The third-order valence-electron chi connectivity index (χ3n) is 3.77. The highest BCUT2D eigenvalue weighted by Crippen LogP contribution is 2.21. The zero-order valence-electron chi connectivity index (χ0n) is 15.7. The molecule has 27 heavy (non-hydrogen) atoms. The number of ether oxygens (including phenoxy) is 1. The molecule has 0 saturated carbocycles. The number of carbonyl (C=O) groups is 1. The van der Waals surface area contributed by atoms with Crippen molar-refractivity contribution in [2.24, 2.45) is 0 Å². The SMILES string of the molecule is Cc1cnc(Cc2ccc(-c3cnn(C(=O)OC(C)(C)C)c3)cc2)nc1Cl. The molecule has 0 radical (unpaired) electrons. The van der Waals surface area contributed by atoms with Crippen LogP contribution >= 0.6 is 11.6 Å². The minimum absolute atomic E-state index is 0.478. The van der Waals surface area contributed by atoms with Crippen LogP contribution in [0.2, 0.25) is 5.15 Å². The molecule has 7 heteroatoms. The fraction of sp³-hybridized carbons (Fsp3) is 0.300. The summed E-state index contributed by atoms with van der Waals surface area (Å²) in [4.78, 5) is 20.7. The molecule has 0 aliphatic rings. The summed E-state index contributed by atoms with van der Waals surface area (Å²) in [6.07, 6.45) is 5.12. The van der Waals surface area contributed by atoms with Gasteiger partial charge < -0.3 is 4.74 Å². The van der Waals surface area contributed by atoms with Gasteiger partial charge in [0.1, 0.15) is 16.6 Å². The highest BCUT2D eigenvalue weighted by molar-refractivity contribution is 6.30. The molecule has 0 aliphatic carbocycles. The van der Waals surface area contributed by atoms with Crippen molar-refractivity contribution < 1.29 is 9.53 Å². The van der Waals surface area contributed by atoms with Gasteiger partial charge in [-0.25, -0.2) is 14.8 Å². The second-order valence-corrected chi connectivity index (χ2v) is 7.65. The molecule has 0 amide bonds. The maximum absolute atomic E-state index is 12.1. The Balaban J connectivity index is 1.72. The van der Waals surface area contributed by atoms with Crippen molar-refractivity contribution in [3.05, 3.63) is 65.0 Å². The number of aromatic nitrogens is 4. The Labute approximate surface area is 163 Å². The smallest absolute Gasteiger partial charge is 0.435 e. The Kier molecular flexibility index (Phi) is 5.28. The van der Waals surface area contributed by atoms with Gasteiger partial charge in [-0.15, -0.1) is 0 Å². The summed E-state index contributed by atoms with van der Waals surface area (Å²) in [5, 5.41) is 4.57. The van der Waals surface area contributed by atoms with E-state index in [2.05, 4.69) is 15.1 Å². The first-order chi connectivity index (χ1) is 12.7. The van der Waals surface area contributed by atoms with Gasteiger partial charge in [-0.1, -0.05) is 35.9 Å². The lowest BCUT2D eigenvalue weighted by Crippen LogP contribution is -2.27. The highest BCUT2D eigenvalue weighted by Gasteiger charge is 2.18. The molecule has 2 heterocycles. The molecule has 3 aromatic rings. The Morgan fingerprint density at radius 1 is 1.15 bits per heavy atom. The van der Waals surface area contributed by atoms with Crippen LogP contribution in [0.25, 0.3) is 11.1 Å². The minimum atomic E-state index is -0.564. The van der Waals surface area contributed by atoms with Crippen LogP contribution in [-0.2, 0) is 11.2 Å². The number of hydrogen-bond donors (Lipinski definition) is 0. The van der Waals surface area contributed by atoms with Crippen molar-refractivity contribution in [1.82, 2.24) is 19.7 Å². The number of aryl methyl sites for hydroxylation is 1. The number of hydrogen-bond acceptors (Lipinski definition) is 5. The van der Waals surface area contributed by atoms with Crippen LogP contribution in [0.3, 0.4) is 0 Å². The van der Waals surface area contributed by atoms with Crippen LogP contribution in [0.15, 0.2) is 42.9 Å². The number of benzene rings is 1. The predicted octanol–water partition coefficient (Wildman–Crippen LogP) is 4.68. The van der Waals surface area contributed by atoms with Gasteiger partial charge in [0.15, 0.2) is 0 Å². The van der Waals surface area contributed by atoms with Crippen molar-refractivity contribution in [3.63, 3.8) is 0 Å². The fourth-order valence-corrected chi connectivity index (χ4v) is 2.56. The predicted molar refractivity (Wildman–Crippen MR) is 104 cm³/mol. The molecular weight excluding hydrogens is 364 g/mol. The molecule has 0 fully saturated rings. The number of carbonyl (C=O) groups excluding carboxylic acids is 1. The van der Waals surface area contributed by atoms with Gasteiger partial charge >= 0.3 is 6.09 Å². The van der Waals surface area contributed by atoms with E-state index in [0.717, 1.165) is 22.3 Å². The van der Waals surface area contributed by atoms with Gasteiger partial charge in [0, 0.05) is 29.9 Å². The topological polar surface area (TPSA) is 69.9 Å². The summed E-state index contributed by atoms with van der Waals surface area (Å²) in [6.45, 7) is 7.33. The number of rotatable bonds is 3. The van der Waals surface area contributed by atoms with E-state index in [9.17, 15) is 4.79 Å². The van der Waals surface area contributed by atoms with Crippen molar-refractivity contribution >= 4 is 17.7 Å². The number of nitrogens with zero attached hydrogens (tertiary/aromatic N) is 4. The van der Waals surface area contributed by atoms with Crippen LogP contribution in [0, 0.1) is 6.92 Å². The molecule has 2 aromatic heterocycles. The van der Waals surface area contributed by atoms with Gasteiger partial charge in [0.2, 0.25) is 0 Å². The Hall–Kier alpha value is -2.73. The molecule has 0 spiro atoms. The van der Waals surface area contributed by atoms with E-state index in [1.54, 1.807) is 18.6 Å². The normalized spacial score (nSPS) is 11.4. The highest BCUT2D eigenvalue weighted by atomic mass is 35.5. The summed E-state index contributed by atoms with van der Waals surface area (Å²) in [6, 6.07) is 7.94. The lowest BCUT2D eigenvalue weighted by atomic mass is 10.1. The van der Waals surface area contributed by atoms with Crippen molar-refractivity contribution in [3.8, 4) is 11.1 Å². The average Bonchev–Trinajstić information content (AvgIpc) is 3.08. The van der Waals surface area contributed by atoms with Gasteiger partial charge in [0.25, 0.3) is 0 Å². The van der Waals surface area contributed by atoms with E-state index in [1.807, 2.05) is 52.0 Å². The molecule has 0 N–H and O–H groups in total. The second kappa shape index (κ2) is 7.48. The van der Waals surface area contributed by atoms with Crippen LogP contribution in [0.5, 0.6) is 0 Å². The molecule has 0 unspecified atom stereocenters. The summed E-state index contributed by atoms with van der Waals surface area (Å²) in [7, 11) is 0. The summed E-state index contributed by atoms with van der Waals surface area (Å²) in [5.41, 5.74) is 3.15. The number of halogens is 1. The quantitative estimate of drug-likeness (QED) is 0.613. The van der Waals surface area contributed by atoms with Crippen molar-refractivity contribution in [2.45, 2.75) is 39.7 Å². The van der Waals surface area contributed by atoms with Crippen LogP contribution < -0.4 is 0 Å². The third kappa shape index (κ3) is 4.92. The first-order valence-electron chi connectivity index (χ1n) is 8.56. The zero-order chi connectivity index (χ0) is 19.6. The first kappa shape index (κ1) is 19.0.